The molecule has 3 heteroatoms. The zero-order valence-corrected chi connectivity index (χ0v) is 9.17. The first-order valence-electron chi connectivity index (χ1n) is 5.27. The first-order chi connectivity index (χ1) is 7.15. The van der Waals surface area contributed by atoms with E-state index < -0.39 is 6.10 Å². The van der Waals surface area contributed by atoms with Gasteiger partial charge in [0.25, 0.3) is 0 Å². The maximum atomic E-state index is 13.4. The van der Waals surface area contributed by atoms with Gasteiger partial charge in [-0.25, -0.2) is 4.39 Å². The topological polar surface area (TPSA) is 20.2 Å². The van der Waals surface area contributed by atoms with Crippen LogP contribution in [0.15, 0.2) is 18.2 Å². The highest BCUT2D eigenvalue weighted by molar-refractivity contribution is 6.30. The SMILES string of the molecule is OC(Cc1ccc(Cl)cc1F)CC1CC1. The summed E-state index contributed by atoms with van der Waals surface area (Å²) >= 11 is 5.65. The van der Waals surface area contributed by atoms with Crippen molar-refractivity contribution >= 4 is 11.6 Å². The summed E-state index contributed by atoms with van der Waals surface area (Å²) in [4.78, 5) is 0. The maximum absolute atomic E-state index is 13.4. The highest BCUT2D eigenvalue weighted by Crippen LogP contribution is 2.34. The van der Waals surface area contributed by atoms with E-state index in [1.54, 1.807) is 12.1 Å². The molecule has 1 aliphatic carbocycles. The van der Waals surface area contributed by atoms with Crippen molar-refractivity contribution in [3.05, 3.63) is 34.6 Å². The van der Waals surface area contributed by atoms with Crippen LogP contribution in [0.4, 0.5) is 4.39 Å². The third kappa shape index (κ3) is 3.18. The summed E-state index contributed by atoms with van der Waals surface area (Å²) in [5.74, 6) is 0.340. The Bertz CT molecular complexity index is 349. The number of hydrogen-bond acceptors (Lipinski definition) is 1. The Morgan fingerprint density at radius 2 is 2.20 bits per heavy atom. The maximum Gasteiger partial charge on any atom is 0.127 e. The summed E-state index contributed by atoms with van der Waals surface area (Å²) in [6.45, 7) is 0. The van der Waals surface area contributed by atoms with Gasteiger partial charge in [0.2, 0.25) is 0 Å². The summed E-state index contributed by atoms with van der Waals surface area (Å²) in [5.41, 5.74) is 0.549. The van der Waals surface area contributed by atoms with Crippen LogP contribution < -0.4 is 0 Å². The van der Waals surface area contributed by atoms with Gasteiger partial charge in [0.05, 0.1) is 6.10 Å². The molecule has 1 saturated carbocycles. The lowest BCUT2D eigenvalue weighted by Crippen LogP contribution is -2.12. The third-order valence-corrected chi connectivity index (χ3v) is 3.01. The van der Waals surface area contributed by atoms with Gasteiger partial charge < -0.3 is 5.11 Å². The summed E-state index contributed by atoms with van der Waals surface area (Å²) in [6, 6.07) is 4.60. The quantitative estimate of drug-likeness (QED) is 0.839. The number of benzene rings is 1. The molecule has 1 aliphatic rings. The summed E-state index contributed by atoms with van der Waals surface area (Å²) < 4.78 is 13.4. The molecule has 1 fully saturated rings. The zero-order chi connectivity index (χ0) is 10.8. The van der Waals surface area contributed by atoms with E-state index in [-0.39, 0.29) is 5.82 Å². The predicted molar refractivity (Wildman–Crippen MR) is 58.5 cm³/mol. The molecule has 0 bridgehead atoms. The van der Waals surface area contributed by atoms with Crippen molar-refractivity contribution in [1.82, 2.24) is 0 Å². The molecule has 82 valence electrons. The van der Waals surface area contributed by atoms with Crippen LogP contribution in [0.3, 0.4) is 0 Å². The lowest BCUT2D eigenvalue weighted by atomic mass is 10.0. The van der Waals surface area contributed by atoms with Crippen LogP contribution in [0.25, 0.3) is 0 Å². The Labute approximate surface area is 93.9 Å². The molecular formula is C12H14ClFO. The van der Waals surface area contributed by atoms with Gasteiger partial charge in [0.15, 0.2) is 0 Å². The van der Waals surface area contributed by atoms with Gasteiger partial charge in [-0.2, -0.15) is 0 Å². The second-order valence-corrected chi connectivity index (χ2v) is 4.71. The molecule has 0 saturated heterocycles. The molecule has 1 N–H and O–H groups in total. The number of hydrogen-bond donors (Lipinski definition) is 1. The van der Waals surface area contributed by atoms with Crippen LogP contribution in [0.5, 0.6) is 0 Å². The van der Waals surface area contributed by atoms with Gasteiger partial charge >= 0.3 is 0 Å². The molecule has 1 aromatic rings. The standard InChI is InChI=1S/C12H14ClFO/c13-10-4-3-9(12(14)7-10)6-11(15)5-8-1-2-8/h3-4,7-8,11,15H,1-2,5-6H2. The van der Waals surface area contributed by atoms with Crippen molar-refractivity contribution in [3.63, 3.8) is 0 Å². The highest BCUT2D eigenvalue weighted by atomic mass is 35.5. The molecule has 15 heavy (non-hydrogen) atoms. The summed E-state index contributed by atoms with van der Waals surface area (Å²) in [6.07, 6.45) is 3.18. The van der Waals surface area contributed by atoms with Crippen molar-refractivity contribution in [2.45, 2.75) is 31.8 Å². The molecular weight excluding hydrogens is 215 g/mol. The van der Waals surface area contributed by atoms with Crippen molar-refractivity contribution in [2.24, 2.45) is 5.92 Å². The number of halogens is 2. The summed E-state index contributed by atoms with van der Waals surface area (Å²) in [7, 11) is 0. The van der Waals surface area contributed by atoms with E-state index >= 15 is 0 Å². The molecule has 1 atom stereocenters. The van der Waals surface area contributed by atoms with Crippen LogP contribution in [-0.2, 0) is 6.42 Å². The lowest BCUT2D eigenvalue weighted by molar-refractivity contribution is 0.157. The fraction of sp³-hybridized carbons (Fsp3) is 0.500. The van der Waals surface area contributed by atoms with Gasteiger partial charge in [0, 0.05) is 11.4 Å². The first kappa shape index (κ1) is 10.9. The second kappa shape index (κ2) is 4.50. The van der Waals surface area contributed by atoms with E-state index in [4.69, 9.17) is 11.6 Å². The van der Waals surface area contributed by atoms with Gasteiger partial charge in [-0.3, -0.25) is 0 Å². The van der Waals surface area contributed by atoms with Gasteiger partial charge in [-0.05, 0) is 30.0 Å². The molecule has 1 aromatic carbocycles. The van der Waals surface area contributed by atoms with Crippen LogP contribution in [-0.4, -0.2) is 11.2 Å². The van der Waals surface area contributed by atoms with Gasteiger partial charge in [-0.1, -0.05) is 30.5 Å². The van der Waals surface area contributed by atoms with Crippen molar-refractivity contribution in [2.75, 3.05) is 0 Å². The van der Waals surface area contributed by atoms with Crippen molar-refractivity contribution in [3.8, 4) is 0 Å². The van der Waals surface area contributed by atoms with E-state index in [0.29, 0.717) is 22.9 Å². The average Bonchev–Trinajstić information content (AvgIpc) is 2.94. The van der Waals surface area contributed by atoms with E-state index in [2.05, 4.69) is 0 Å². The Kier molecular flexibility index (Phi) is 3.27. The number of aliphatic hydroxyl groups excluding tert-OH is 1. The van der Waals surface area contributed by atoms with Crippen molar-refractivity contribution < 1.29 is 9.50 Å². The lowest BCUT2D eigenvalue weighted by Gasteiger charge is -2.10. The van der Waals surface area contributed by atoms with E-state index in [9.17, 15) is 9.50 Å². The van der Waals surface area contributed by atoms with Crippen LogP contribution in [0.1, 0.15) is 24.8 Å². The minimum absolute atomic E-state index is 0.322. The Balaban J connectivity index is 1.96. The normalized spacial score (nSPS) is 17.8. The highest BCUT2D eigenvalue weighted by Gasteiger charge is 2.24. The molecule has 0 radical (unpaired) electrons. The number of aliphatic hydroxyl groups is 1. The Morgan fingerprint density at radius 1 is 1.47 bits per heavy atom. The third-order valence-electron chi connectivity index (χ3n) is 2.77. The largest absolute Gasteiger partial charge is 0.393 e. The van der Waals surface area contributed by atoms with Gasteiger partial charge in [-0.15, -0.1) is 0 Å². The minimum atomic E-state index is -0.423. The smallest absolute Gasteiger partial charge is 0.127 e. The molecule has 2 rings (SSSR count). The van der Waals surface area contributed by atoms with E-state index in [1.165, 1.54) is 18.9 Å². The molecule has 1 unspecified atom stereocenters. The molecule has 0 aromatic heterocycles. The average molecular weight is 229 g/mol. The Hall–Kier alpha value is -0.600. The van der Waals surface area contributed by atoms with Crippen LogP contribution in [0, 0.1) is 11.7 Å². The second-order valence-electron chi connectivity index (χ2n) is 4.27. The van der Waals surface area contributed by atoms with Crippen LogP contribution >= 0.6 is 11.6 Å². The fourth-order valence-corrected chi connectivity index (χ4v) is 1.92. The zero-order valence-electron chi connectivity index (χ0n) is 8.42. The van der Waals surface area contributed by atoms with E-state index in [0.717, 1.165) is 6.42 Å². The fourth-order valence-electron chi connectivity index (χ4n) is 1.76. The molecule has 1 nitrogen and oxygen atoms in total. The minimum Gasteiger partial charge on any atom is -0.393 e. The molecule has 0 aliphatic heterocycles. The summed E-state index contributed by atoms with van der Waals surface area (Å²) in [5, 5.41) is 10.1. The molecule has 0 amide bonds. The van der Waals surface area contributed by atoms with E-state index in [1.807, 2.05) is 0 Å². The molecule has 0 heterocycles. The monoisotopic (exact) mass is 228 g/mol. The predicted octanol–water partition coefficient (Wildman–Crippen LogP) is 3.18. The molecule has 0 spiro atoms. The van der Waals surface area contributed by atoms with Crippen LogP contribution in [0.2, 0.25) is 5.02 Å². The number of rotatable bonds is 4. The van der Waals surface area contributed by atoms with Crippen molar-refractivity contribution in [1.29, 1.82) is 0 Å². The Morgan fingerprint density at radius 3 is 2.80 bits per heavy atom. The van der Waals surface area contributed by atoms with Gasteiger partial charge in [0.1, 0.15) is 5.82 Å². The first-order valence-corrected chi connectivity index (χ1v) is 5.65.